The zero-order valence-corrected chi connectivity index (χ0v) is 24.9. The van der Waals surface area contributed by atoms with Gasteiger partial charge >= 0.3 is 0 Å². The number of hydrogen-bond donors (Lipinski definition) is 0. The Hall–Kier alpha value is -6.37. The fourth-order valence-electron chi connectivity index (χ4n) is 7.20. The van der Waals surface area contributed by atoms with Crippen LogP contribution in [0.1, 0.15) is 5.56 Å². The molecule has 1 aromatic heterocycles. The maximum Gasteiger partial charge on any atom is 0.0992 e. The zero-order valence-electron chi connectivity index (χ0n) is 24.9. The number of nitriles is 1. The van der Waals surface area contributed by atoms with Crippen molar-refractivity contribution in [1.29, 1.82) is 5.26 Å². The highest BCUT2D eigenvalue weighted by Gasteiger charge is 2.22. The molecule has 0 fully saturated rings. The molecule has 0 aliphatic rings. The lowest BCUT2D eigenvalue weighted by Gasteiger charge is -2.28. The molecular weight excluding hydrogens is 558 g/mol. The Bertz CT molecular complexity index is 2660. The van der Waals surface area contributed by atoms with E-state index in [2.05, 4.69) is 161 Å². The Kier molecular flexibility index (Phi) is 5.88. The lowest BCUT2D eigenvalue weighted by atomic mass is 9.96. The van der Waals surface area contributed by atoms with E-state index in [0.29, 0.717) is 5.56 Å². The average Bonchev–Trinajstić information content (AvgIpc) is 3.47. The van der Waals surface area contributed by atoms with E-state index < -0.39 is 0 Å². The van der Waals surface area contributed by atoms with Crippen LogP contribution in [0.3, 0.4) is 0 Å². The number of hydrogen-bond acceptors (Lipinski definition) is 2. The fourth-order valence-corrected chi connectivity index (χ4v) is 7.20. The maximum absolute atomic E-state index is 9.93. The van der Waals surface area contributed by atoms with Crippen LogP contribution in [0.15, 0.2) is 164 Å². The van der Waals surface area contributed by atoms with Gasteiger partial charge in [0.25, 0.3) is 0 Å². The molecule has 9 rings (SSSR count). The molecule has 46 heavy (non-hydrogen) atoms. The smallest absolute Gasteiger partial charge is 0.0992 e. The Morgan fingerprint density at radius 2 is 1.09 bits per heavy atom. The summed E-state index contributed by atoms with van der Waals surface area (Å²) in [5.41, 5.74) is 7.08. The van der Waals surface area contributed by atoms with Gasteiger partial charge in [-0.2, -0.15) is 5.26 Å². The Morgan fingerprint density at radius 1 is 0.457 bits per heavy atom. The topological polar surface area (TPSA) is 32.0 Å². The number of nitrogens with zero attached hydrogens (tertiary/aromatic N) is 3. The molecule has 0 aliphatic heterocycles. The van der Waals surface area contributed by atoms with Crippen LogP contribution in [0.2, 0.25) is 0 Å². The summed E-state index contributed by atoms with van der Waals surface area (Å²) < 4.78 is 2.35. The van der Waals surface area contributed by atoms with Crippen molar-refractivity contribution < 1.29 is 0 Å². The normalized spacial score (nSPS) is 11.5. The predicted molar refractivity (Wildman–Crippen MR) is 193 cm³/mol. The number of rotatable bonds is 4. The summed E-state index contributed by atoms with van der Waals surface area (Å²) >= 11 is 0. The number of benzene rings is 8. The van der Waals surface area contributed by atoms with Crippen molar-refractivity contribution in [3.05, 3.63) is 169 Å². The molecule has 0 bridgehead atoms. The molecule has 8 aromatic carbocycles. The predicted octanol–water partition coefficient (Wildman–Crippen LogP) is 11.6. The first-order chi connectivity index (χ1) is 22.8. The van der Waals surface area contributed by atoms with E-state index in [0.717, 1.165) is 44.6 Å². The van der Waals surface area contributed by atoms with Crippen LogP contribution in [0.4, 0.5) is 17.1 Å². The van der Waals surface area contributed by atoms with E-state index in [1.165, 1.54) is 32.3 Å². The van der Waals surface area contributed by atoms with Crippen molar-refractivity contribution >= 4 is 71.2 Å². The highest BCUT2D eigenvalue weighted by Crippen LogP contribution is 2.46. The van der Waals surface area contributed by atoms with Gasteiger partial charge in [0.05, 0.1) is 34.0 Å². The molecule has 0 amide bonds. The molecule has 0 atom stereocenters. The van der Waals surface area contributed by atoms with E-state index >= 15 is 0 Å². The van der Waals surface area contributed by atoms with Crippen molar-refractivity contribution in [3.8, 4) is 11.8 Å². The van der Waals surface area contributed by atoms with Crippen molar-refractivity contribution in [1.82, 2.24) is 4.57 Å². The molecule has 0 saturated heterocycles. The van der Waals surface area contributed by atoms with Crippen molar-refractivity contribution in [2.24, 2.45) is 0 Å². The van der Waals surface area contributed by atoms with Gasteiger partial charge < -0.3 is 9.47 Å². The highest BCUT2D eigenvalue weighted by atomic mass is 15.1. The first-order valence-corrected chi connectivity index (χ1v) is 15.5. The second-order valence-electron chi connectivity index (χ2n) is 11.7. The van der Waals surface area contributed by atoms with Gasteiger partial charge in [0.1, 0.15) is 0 Å². The number of anilines is 3. The van der Waals surface area contributed by atoms with Crippen LogP contribution >= 0.6 is 0 Å². The zero-order chi connectivity index (χ0) is 30.6. The Labute approximate surface area is 266 Å². The Morgan fingerprint density at radius 3 is 1.98 bits per heavy atom. The number of aromatic nitrogens is 1. The van der Waals surface area contributed by atoms with Crippen molar-refractivity contribution in [2.45, 2.75) is 0 Å². The van der Waals surface area contributed by atoms with E-state index in [9.17, 15) is 5.26 Å². The molecule has 3 heteroatoms. The second-order valence-corrected chi connectivity index (χ2v) is 11.7. The minimum atomic E-state index is 0.624. The van der Waals surface area contributed by atoms with Crippen LogP contribution in [0.5, 0.6) is 0 Å². The summed E-state index contributed by atoms with van der Waals surface area (Å²) in [5, 5.41) is 19.6. The Balaban J connectivity index is 1.39. The van der Waals surface area contributed by atoms with E-state index in [1.54, 1.807) is 0 Å². The molecule has 0 saturated carbocycles. The molecule has 1 heterocycles. The van der Waals surface area contributed by atoms with Gasteiger partial charge in [-0.1, -0.05) is 109 Å². The first-order valence-electron chi connectivity index (χ1n) is 15.5. The summed E-state index contributed by atoms with van der Waals surface area (Å²) in [5.74, 6) is 0. The third kappa shape index (κ3) is 3.91. The molecule has 0 aliphatic carbocycles. The van der Waals surface area contributed by atoms with Crippen molar-refractivity contribution in [3.63, 3.8) is 0 Å². The largest absolute Gasteiger partial charge is 0.309 e. The molecule has 214 valence electrons. The van der Waals surface area contributed by atoms with Crippen molar-refractivity contribution in [2.75, 3.05) is 4.90 Å². The second kappa shape index (κ2) is 10.4. The van der Waals surface area contributed by atoms with Crippen LogP contribution in [-0.4, -0.2) is 4.57 Å². The van der Waals surface area contributed by atoms with Crippen LogP contribution in [0.25, 0.3) is 59.8 Å². The minimum Gasteiger partial charge on any atom is -0.309 e. The summed E-state index contributed by atoms with van der Waals surface area (Å²) in [6.45, 7) is 0. The summed E-state index contributed by atoms with van der Waals surface area (Å²) in [7, 11) is 0. The summed E-state index contributed by atoms with van der Waals surface area (Å²) in [4.78, 5) is 2.33. The molecule has 0 unspecified atom stereocenters. The molecule has 0 radical (unpaired) electrons. The molecule has 9 aromatic rings. The van der Waals surface area contributed by atoms with E-state index in [1.807, 2.05) is 18.2 Å². The number of fused-ring (bicyclic) bond motifs is 8. The fraction of sp³-hybridized carbons (Fsp3) is 0. The molecule has 3 nitrogen and oxygen atoms in total. The highest BCUT2D eigenvalue weighted by molar-refractivity contribution is 6.21. The summed E-state index contributed by atoms with van der Waals surface area (Å²) in [6.07, 6.45) is 0. The lowest BCUT2D eigenvalue weighted by molar-refractivity contribution is 1.18. The van der Waals surface area contributed by atoms with Gasteiger partial charge in [-0.3, -0.25) is 0 Å². The van der Waals surface area contributed by atoms with Crippen LogP contribution < -0.4 is 4.90 Å². The van der Waals surface area contributed by atoms with Crippen LogP contribution in [-0.2, 0) is 0 Å². The first kappa shape index (κ1) is 26.1. The third-order valence-electron chi connectivity index (χ3n) is 9.17. The number of para-hydroxylation sites is 2. The standard InChI is InChI=1S/C43H27N3/c44-28-29-11-8-15-32(27-29)46(39-20-9-18-34-36-24-23-30-12-4-5-16-33(30)35(36)25-26-37(34)39)42-22-10-21-41-43(42)38-17-6-7-19-40(38)45(41)31-13-2-1-3-14-31/h1-27H. The van der Waals surface area contributed by atoms with Gasteiger partial charge in [0.15, 0.2) is 0 Å². The quantitative estimate of drug-likeness (QED) is 0.192. The van der Waals surface area contributed by atoms with Gasteiger partial charge in [-0.25, -0.2) is 0 Å². The minimum absolute atomic E-state index is 0.624. The van der Waals surface area contributed by atoms with Gasteiger partial charge in [0, 0.05) is 27.5 Å². The van der Waals surface area contributed by atoms with E-state index in [4.69, 9.17) is 0 Å². The van der Waals surface area contributed by atoms with Gasteiger partial charge in [-0.05, 0) is 81.5 Å². The molecule has 0 N–H and O–H groups in total. The van der Waals surface area contributed by atoms with Gasteiger partial charge in [0.2, 0.25) is 0 Å². The lowest BCUT2D eigenvalue weighted by Crippen LogP contribution is -2.11. The average molecular weight is 586 g/mol. The van der Waals surface area contributed by atoms with Gasteiger partial charge in [-0.15, -0.1) is 0 Å². The van der Waals surface area contributed by atoms with Crippen LogP contribution in [0, 0.1) is 11.3 Å². The third-order valence-corrected chi connectivity index (χ3v) is 9.17. The maximum atomic E-state index is 9.93. The molecular formula is C43H27N3. The molecule has 0 spiro atoms. The van der Waals surface area contributed by atoms with E-state index in [-0.39, 0.29) is 0 Å². The monoisotopic (exact) mass is 585 g/mol. The summed E-state index contributed by atoms with van der Waals surface area (Å²) in [6, 6.07) is 60.2. The SMILES string of the molecule is N#Cc1cccc(N(c2cccc3c2ccc2c4ccccc4ccc32)c2cccc3c2c2ccccc2n3-c2ccccc2)c1.